The second-order valence-electron chi connectivity index (χ2n) is 4.08. The fraction of sp³-hybridized carbons (Fsp3) is 0.333. The van der Waals surface area contributed by atoms with Gasteiger partial charge in [-0.1, -0.05) is 29.2 Å². The lowest BCUT2D eigenvalue weighted by Gasteiger charge is -2.09. The quantitative estimate of drug-likeness (QED) is 0.923. The molecule has 3 nitrogen and oxygen atoms in total. The van der Waals surface area contributed by atoms with Gasteiger partial charge in [-0.2, -0.15) is 0 Å². The molecule has 1 aromatic heterocycles. The highest BCUT2D eigenvalue weighted by Crippen LogP contribution is 2.29. The average molecular weight is 265 g/mol. The topological polar surface area (TPSA) is 51.8 Å². The number of hydrogen-bond donors (Lipinski definition) is 1. The van der Waals surface area contributed by atoms with E-state index in [9.17, 15) is 0 Å². The minimum atomic E-state index is 0.204. The molecule has 0 aliphatic rings. The fourth-order valence-electron chi connectivity index (χ4n) is 1.62. The lowest BCUT2D eigenvalue weighted by Crippen LogP contribution is -2.18. The second kappa shape index (κ2) is 5.62. The minimum absolute atomic E-state index is 0.204. The number of nitrogens with zero attached hydrogens (tertiary/aromatic N) is 2. The maximum absolute atomic E-state index is 5.82. The molecule has 1 aromatic carbocycles. The predicted octanol–water partition coefficient (Wildman–Crippen LogP) is 2.89. The van der Waals surface area contributed by atoms with Crippen LogP contribution in [0.5, 0.6) is 0 Å². The van der Waals surface area contributed by atoms with Crippen molar-refractivity contribution in [3.8, 4) is 0 Å². The van der Waals surface area contributed by atoms with Crippen molar-refractivity contribution in [3.63, 3.8) is 0 Å². The van der Waals surface area contributed by atoms with E-state index in [2.05, 4.69) is 35.3 Å². The average Bonchev–Trinajstić information content (AvgIpc) is 2.74. The second-order valence-corrected chi connectivity index (χ2v) is 6.23. The standard InChI is InChI=1S/C12H15N3S2/c1-8-5-11(17-12-15-14-7-16-12)4-3-10(8)6-9(2)13/h3-5,7,9H,6,13H2,1-2H3. The molecule has 0 radical (unpaired) electrons. The Balaban J connectivity index is 2.13. The van der Waals surface area contributed by atoms with Crippen LogP contribution in [-0.4, -0.2) is 16.2 Å². The first-order chi connectivity index (χ1) is 8.15. The molecule has 0 spiro atoms. The van der Waals surface area contributed by atoms with Gasteiger partial charge in [0.15, 0.2) is 4.34 Å². The van der Waals surface area contributed by atoms with Crippen LogP contribution in [0.15, 0.2) is 32.9 Å². The van der Waals surface area contributed by atoms with Gasteiger partial charge in [0.1, 0.15) is 5.51 Å². The number of benzene rings is 1. The van der Waals surface area contributed by atoms with Gasteiger partial charge < -0.3 is 5.73 Å². The van der Waals surface area contributed by atoms with E-state index in [1.807, 2.05) is 6.92 Å². The van der Waals surface area contributed by atoms with Gasteiger partial charge in [-0.05, 0) is 43.5 Å². The van der Waals surface area contributed by atoms with Gasteiger partial charge in [0.25, 0.3) is 0 Å². The van der Waals surface area contributed by atoms with Crippen LogP contribution in [0, 0.1) is 6.92 Å². The summed E-state index contributed by atoms with van der Waals surface area (Å²) in [5.41, 5.74) is 10.2. The van der Waals surface area contributed by atoms with Crippen LogP contribution in [0.4, 0.5) is 0 Å². The molecule has 0 fully saturated rings. The monoisotopic (exact) mass is 265 g/mol. The zero-order valence-electron chi connectivity index (χ0n) is 9.88. The normalized spacial score (nSPS) is 12.6. The van der Waals surface area contributed by atoms with Crippen molar-refractivity contribution in [2.75, 3.05) is 0 Å². The van der Waals surface area contributed by atoms with E-state index in [0.717, 1.165) is 10.8 Å². The molecular weight excluding hydrogens is 250 g/mol. The van der Waals surface area contributed by atoms with Crippen molar-refractivity contribution in [1.82, 2.24) is 10.2 Å². The van der Waals surface area contributed by atoms with E-state index in [1.54, 1.807) is 28.6 Å². The molecule has 2 rings (SSSR count). The van der Waals surface area contributed by atoms with E-state index < -0.39 is 0 Å². The molecule has 0 saturated heterocycles. The number of hydrogen-bond acceptors (Lipinski definition) is 5. The van der Waals surface area contributed by atoms with Crippen LogP contribution in [0.3, 0.4) is 0 Å². The fourth-order valence-corrected chi connectivity index (χ4v) is 3.17. The molecule has 0 amide bonds. The summed E-state index contributed by atoms with van der Waals surface area (Å²) >= 11 is 3.21. The molecule has 1 unspecified atom stereocenters. The van der Waals surface area contributed by atoms with Crippen molar-refractivity contribution in [2.45, 2.75) is 35.5 Å². The SMILES string of the molecule is Cc1cc(Sc2nncs2)ccc1CC(C)N. The first-order valence-electron chi connectivity index (χ1n) is 5.44. The van der Waals surface area contributed by atoms with E-state index >= 15 is 0 Å². The number of aryl methyl sites for hydroxylation is 1. The number of rotatable bonds is 4. The lowest BCUT2D eigenvalue weighted by atomic mass is 10.0. The predicted molar refractivity (Wildman–Crippen MR) is 72.6 cm³/mol. The van der Waals surface area contributed by atoms with Crippen LogP contribution in [0.1, 0.15) is 18.1 Å². The van der Waals surface area contributed by atoms with Crippen molar-refractivity contribution in [1.29, 1.82) is 0 Å². The Morgan fingerprint density at radius 2 is 2.29 bits per heavy atom. The zero-order valence-corrected chi connectivity index (χ0v) is 11.5. The largest absolute Gasteiger partial charge is 0.328 e. The van der Waals surface area contributed by atoms with Gasteiger partial charge in [-0.25, -0.2) is 0 Å². The van der Waals surface area contributed by atoms with Gasteiger partial charge in [-0.15, -0.1) is 10.2 Å². The Hall–Kier alpha value is -0.910. The molecule has 5 heteroatoms. The Morgan fingerprint density at radius 3 is 2.88 bits per heavy atom. The highest BCUT2D eigenvalue weighted by Gasteiger charge is 2.05. The molecule has 0 aliphatic carbocycles. The molecule has 0 saturated carbocycles. The van der Waals surface area contributed by atoms with Crippen LogP contribution in [0.2, 0.25) is 0 Å². The van der Waals surface area contributed by atoms with Crippen LogP contribution in [-0.2, 0) is 6.42 Å². The van der Waals surface area contributed by atoms with Crippen molar-refractivity contribution < 1.29 is 0 Å². The first kappa shape index (κ1) is 12.5. The summed E-state index contributed by atoms with van der Waals surface area (Å²) in [6.45, 7) is 4.16. The van der Waals surface area contributed by atoms with E-state index in [1.165, 1.54) is 16.0 Å². The highest BCUT2D eigenvalue weighted by molar-refractivity contribution is 8.01. The van der Waals surface area contributed by atoms with Crippen molar-refractivity contribution in [3.05, 3.63) is 34.8 Å². The molecule has 1 heterocycles. The maximum atomic E-state index is 5.82. The zero-order chi connectivity index (χ0) is 12.3. The number of aromatic nitrogens is 2. The van der Waals surface area contributed by atoms with E-state index in [0.29, 0.717) is 0 Å². The van der Waals surface area contributed by atoms with E-state index in [-0.39, 0.29) is 6.04 Å². The molecule has 1 atom stereocenters. The van der Waals surface area contributed by atoms with Gasteiger partial charge in [0.05, 0.1) is 0 Å². The molecule has 90 valence electrons. The molecule has 2 N–H and O–H groups in total. The molecular formula is C12H15N3S2. The van der Waals surface area contributed by atoms with Crippen molar-refractivity contribution in [2.24, 2.45) is 5.73 Å². The first-order valence-corrected chi connectivity index (χ1v) is 7.14. The summed E-state index contributed by atoms with van der Waals surface area (Å²) in [5, 5.41) is 7.85. The van der Waals surface area contributed by atoms with Crippen LogP contribution in [0.25, 0.3) is 0 Å². The molecule has 0 bridgehead atoms. The Labute approximate surface area is 109 Å². The summed E-state index contributed by atoms with van der Waals surface area (Å²) in [5.74, 6) is 0. The van der Waals surface area contributed by atoms with Gasteiger partial charge >= 0.3 is 0 Å². The summed E-state index contributed by atoms with van der Waals surface area (Å²) in [6.07, 6.45) is 0.926. The highest BCUT2D eigenvalue weighted by atomic mass is 32.2. The van der Waals surface area contributed by atoms with Gasteiger partial charge in [-0.3, -0.25) is 0 Å². The Kier molecular flexibility index (Phi) is 4.15. The van der Waals surface area contributed by atoms with Crippen LogP contribution >= 0.6 is 23.1 Å². The van der Waals surface area contributed by atoms with Gasteiger partial charge in [0, 0.05) is 10.9 Å². The third kappa shape index (κ3) is 3.52. The minimum Gasteiger partial charge on any atom is -0.328 e. The summed E-state index contributed by atoms with van der Waals surface area (Å²) < 4.78 is 0.976. The van der Waals surface area contributed by atoms with E-state index in [4.69, 9.17) is 5.73 Å². The molecule has 2 aromatic rings. The lowest BCUT2D eigenvalue weighted by molar-refractivity contribution is 0.734. The van der Waals surface area contributed by atoms with Crippen molar-refractivity contribution >= 4 is 23.1 Å². The summed E-state index contributed by atoms with van der Waals surface area (Å²) in [4.78, 5) is 1.20. The van der Waals surface area contributed by atoms with Gasteiger partial charge in [0.2, 0.25) is 0 Å². The Bertz CT molecular complexity index is 481. The molecule has 17 heavy (non-hydrogen) atoms. The smallest absolute Gasteiger partial charge is 0.178 e. The maximum Gasteiger partial charge on any atom is 0.178 e. The third-order valence-corrected chi connectivity index (χ3v) is 4.17. The third-order valence-electron chi connectivity index (χ3n) is 2.40. The number of nitrogens with two attached hydrogens (primary N) is 1. The summed E-state index contributed by atoms with van der Waals surface area (Å²) in [7, 11) is 0. The van der Waals surface area contributed by atoms with Crippen LogP contribution < -0.4 is 5.73 Å². The molecule has 0 aliphatic heterocycles. The summed E-state index contributed by atoms with van der Waals surface area (Å²) in [6, 6.07) is 6.66. The Morgan fingerprint density at radius 1 is 1.47 bits per heavy atom.